The SMILES string of the molecule is Cc1cccc(N2CCO[C@@H]2c2ccn(-c3ccc(F)cc3)c2)c1. The highest BCUT2D eigenvalue weighted by Crippen LogP contribution is 2.33. The number of hydrogen-bond donors (Lipinski definition) is 0. The van der Waals surface area contributed by atoms with E-state index in [0.717, 1.165) is 17.8 Å². The summed E-state index contributed by atoms with van der Waals surface area (Å²) in [5, 5.41) is 0. The molecular formula is C20H19FN2O. The van der Waals surface area contributed by atoms with Crippen molar-refractivity contribution in [2.24, 2.45) is 0 Å². The van der Waals surface area contributed by atoms with Crippen molar-refractivity contribution in [3.05, 3.63) is 83.9 Å². The molecule has 0 bridgehead atoms. The van der Waals surface area contributed by atoms with E-state index in [9.17, 15) is 4.39 Å². The number of rotatable bonds is 3. The highest BCUT2D eigenvalue weighted by molar-refractivity contribution is 5.51. The third-order valence-electron chi connectivity index (χ3n) is 4.35. The maximum absolute atomic E-state index is 13.1. The zero-order chi connectivity index (χ0) is 16.5. The Morgan fingerprint density at radius 3 is 2.67 bits per heavy atom. The average molecular weight is 322 g/mol. The molecule has 0 aliphatic carbocycles. The lowest BCUT2D eigenvalue weighted by atomic mass is 10.2. The predicted molar refractivity (Wildman–Crippen MR) is 92.9 cm³/mol. The van der Waals surface area contributed by atoms with Gasteiger partial charge in [0.05, 0.1) is 6.61 Å². The lowest BCUT2D eigenvalue weighted by molar-refractivity contribution is 0.114. The van der Waals surface area contributed by atoms with Crippen LogP contribution in [0.3, 0.4) is 0 Å². The first-order valence-corrected chi connectivity index (χ1v) is 8.09. The third-order valence-corrected chi connectivity index (χ3v) is 4.35. The fraction of sp³-hybridized carbons (Fsp3) is 0.200. The summed E-state index contributed by atoms with van der Waals surface area (Å²) in [6.07, 6.45) is 3.94. The molecule has 1 saturated heterocycles. The second kappa shape index (κ2) is 6.13. The van der Waals surface area contributed by atoms with Gasteiger partial charge >= 0.3 is 0 Å². The molecule has 2 heterocycles. The van der Waals surface area contributed by atoms with Gasteiger partial charge in [0.15, 0.2) is 6.23 Å². The Morgan fingerprint density at radius 2 is 1.88 bits per heavy atom. The van der Waals surface area contributed by atoms with Gasteiger partial charge in [-0.15, -0.1) is 0 Å². The number of aryl methyl sites for hydroxylation is 1. The van der Waals surface area contributed by atoms with Crippen LogP contribution in [0.1, 0.15) is 17.4 Å². The van der Waals surface area contributed by atoms with E-state index < -0.39 is 0 Å². The van der Waals surface area contributed by atoms with Crippen molar-refractivity contribution in [2.45, 2.75) is 13.2 Å². The summed E-state index contributed by atoms with van der Waals surface area (Å²) in [5.41, 5.74) is 4.44. The van der Waals surface area contributed by atoms with Gasteiger partial charge in [0, 0.05) is 35.9 Å². The summed E-state index contributed by atoms with van der Waals surface area (Å²) in [5.74, 6) is -0.226. The first-order chi connectivity index (χ1) is 11.7. The minimum atomic E-state index is -0.226. The third kappa shape index (κ3) is 2.81. The zero-order valence-corrected chi connectivity index (χ0v) is 13.5. The fourth-order valence-corrected chi connectivity index (χ4v) is 3.15. The van der Waals surface area contributed by atoms with Crippen LogP contribution in [0.5, 0.6) is 0 Å². The quantitative estimate of drug-likeness (QED) is 0.708. The molecule has 4 rings (SSSR count). The van der Waals surface area contributed by atoms with E-state index in [4.69, 9.17) is 4.74 Å². The maximum Gasteiger partial charge on any atom is 0.158 e. The monoisotopic (exact) mass is 322 g/mol. The number of hydrogen-bond acceptors (Lipinski definition) is 2. The first kappa shape index (κ1) is 15.0. The zero-order valence-electron chi connectivity index (χ0n) is 13.5. The van der Waals surface area contributed by atoms with E-state index in [0.29, 0.717) is 6.61 Å². The minimum Gasteiger partial charge on any atom is -0.352 e. The Hall–Kier alpha value is -2.59. The van der Waals surface area contributed by atoms with Crippen LogP contribution in [0.25, 0.3) is 5.69 Å². The molecule has 1 fully saturated rings. The molecular weight excluding hydrogens is 303 g/mol. The molecule has 1 aliphatic rings. The van der Waals surface area contributed by atoms with E-state index in [-0.39, 0.29) is 12.0 Å². The van der Waals surface area contributed by atoms with E-state index >= 15 is 0 Å². The standard InChI is InChI=1S/C20H19FN2O/c1-15-3-2-4-19(13-15)23-11-12-24-20(23)16-9-10-22(14-16)18-7-5-17(21)6-8-18/h2-10,13-14,20H,11-12H2,1H3/t20-/m1/s1. The molecule has 2 aromatic carbocycles. The van der Waals surface area contributed by atoms with E-state index in [1.807, 2.05) is 17.0 Å². The van der Waals surface area contributed by atoms with Crippen LogP contribution >= 0.6 is 0 Å². The summed E-state index contributed by atoms with van der Waals surface area (Å²) in [6, 6.07) is 17.0. The van der Waals surface area contributed by atoms with Crippen LogP contribution in [0.2, 0.25) is 0 Å². The Kier molecular flexibility index (Phi) is 3.82. The normalized spacial score (nSPS) is 17.4. The minimum absolute atomic E-state index is 0.0894. The molecule has 4 heteroatoms. The van der Waals surface area contributed by atoms with E-state index in [1.165, 1.54) is 23.4 Å². The van der Waals surface area contributed by atoms with Crippen LogP contribution in [-0.2, 0) is 4.74 Å². The molecule has 1 atom stereocenters. The van der Waals surface area contributed by atoms with Crippen molar-refractivity contribution in [1.82, 2.24) is 4.57 Å². The van der Waals surface area contributed by atoms with Crippen LogP contribution < -0.4 is 4.90 Å². The lowest BCUT2D eigenvalue weighted by Crippen LogP contribution is -2.23. The number of anilines is 1. The number of aromatic nitrogens is 1. The van der Waals surface area contributed by atoms with E-state index in [1.54, 1.807) is 12.1 Å². The molecule has 0 amide bonds. The Labute approximate surface area is 140 Å². The largest absolute Gasteiger partial charge is 0.352 e. The summed E-state index contributed by atoms with van der Waals surface area (Å²) in [6.45, 7) is 3.68. The number of ether oxygens (including phenoxy) is 1. The fourth-order valence-electron chi connectivity index (χ4n) is 3.15. The van der Waals surface area contributed by atoms with Gasteiger partial charge in [0.25, 0.3) is 0 Å². The molecule has 24 heavy (non-hydrogen) atoms. The van der Waals surface area contributed by atoms with Crippen LogP contribution in [0.15, 0.2) is 67.0 Å². The Morgan fingerprint density at radius 1 is 1.04 bits per heavy atom. The predicted octanol–water partition coefficient (Wildman–Crippen LogP) is 4.46. The average Bonchev–Trinajstić information content (AvgIpc) is 3.24. The maximum atomic E-state index is 13.1. The Balaban J connectivity index is 1.62. The van der Waals surface area contributed by atoms with Gasteiger partial charge in [-0.25, -0.2) is 4.39 Å². The van der Waals surface area contributed by atoms with Gasteiger partial charge < -0.3 is 14.2 Å². The highest BCUT2D eigenvalue weighted by Gasteiger charge is 2.27. The molecule has 0 radical (unpaired) electrons. The lowest BCUT2D eigenvalue weighted by Gasteiger charge is -2.25. The molecule has 1 aromatic heterocycles. The summed E-state index contributed by atoms with van der Waals surface area (Å²) in [7, 11) is 0. The van der Waals surface area contributed by atoms with Gasteiger partial charge in [0.2, 0.25) is 0 Å². The number of halogens is 1. The van der Waals surface area contributed by atoms with Crippen molar-refractivity contribution < 1.29 is 9.13 Å². The summed E-state index contributed by atoms with van der Waals surface area (Å²) in [4.78, 5) is 2.28. The van der Waals surface area contributed by atoms with Crippen molar-refractivity contribution in [2.75, 3.05) is 18.1 Å². The van der Waals surface area contributed by atoms with Gasteiger partial charge in [-0.05, 0) is 55.0 Å². The second-order valence-electron chi connectivity index (χ2n) is 6.08. The number of benzene rings is 2. The molecule has 122 valence electrons. The Bertz CT molecular complexity index is 841. The van der Waals surface area contributed by atoms with Crippen LogP contribution in [-0.4, -0.2) is 17.7 Å². The summed E-state index contributed by atoms with van der Waals surface area (Å²) < 4.78 is 21.0. The molecule has 0 saturated carbocycles. The number of nitrogens with zero attached hydrogens (tertiary/aromatic N) is 2. The molecule has 0 N–H and O–H groups in total. The van der Waals surface area contributed by atoms with Crippen molar-refractivity contribution in [1.29, 1.82) is 0 Å². The highest BCUT2D eigenvalue weighted by atomic mass is 19.1. The molecule has 3 aromatic rings. The topological polar surface area (TPSA) is 17.4 Å². The van der Waals surface area contributed by atoms with Gasteiger partial charge in [-0.3, -0.25) is 0 Å². The van der Waals surface area contributed by atoms with E-state index in [2.05, 4.69) is 42.2 Å². The summed E-state index contributed by atoms with van der Waals surface area (Å²) >= 11 is 0. The van der Waals surface area contributed by atoms with Crippen LogP contribution in [0, 0.1) is 12.7 Å². The van der Waals surface area contributed by atoms with Crippen LogP contribution in [0.4, 0.5) is 10.1 Å². The molecule has 1 aliphatic heterocycles. The van der Waals surface area contributed by atoms with Crippen molar-refractivity contribution in [3.63, 3.8) is 0 Å². The van der Waals surface area contributed by atoms with Gasteiger partial charge in [0.1, 0.15) is 5.82 Å². The van der Waals surface area contributed by atoms with Crippen molar-refractivity contribution in [3.8, 4) is 5.69 Å². The molecule has 0 unspecified atom stereocenters. The molecule has 0 spiro atoms. The van der Waals surface area contributed by atoms with Gasteiger partial charge in [-0.2, -0.15) is 0 Å². The molecule has 3 nitrogen and oxygen atoms in total. The first-order valence-electron chi connectivity index (χ1n) is 8.09. The second-order valence-corrected chi connectivity index (χ2v) is 6.08. The van der Waals surface area contributed by atoms with Crippen molar-refractivity contribution >= 4 is 5.69 Å². The smallest absolute Gasteiger partial charge is 0.158 e. The van der Waals surface area contributed by atoms with Gasteiger partial charge in [-0.1, -0.05) is 12.1 Å².